The maximum atomic E-state index is 11.8. The molecule has 0 heterocycles. The Hall–Kier alpha value is -0.770. The highest BCUT2D eigenvalue weighted by Gasteiger charge is 2.25. The van der Waals surface area contributed by atoms with Crippen molar-refractivity contribution in [3.63, 3.8) is 0 Å². The van der Waals surface area contributed by atoms with Crippen LogP contribution < -0.4 is 5.32 Å². The molecule has 1 aromatic rings. The summed E-state index contributed by atoms with van der Waals surface area (Å²) in [6.07, 6.45) is 0.895. The Kier molecular flexibility index (Phi) is 5.93. The molecule has 18 heavy (non-hydrogen) atoms. The fourth-order valence-corrected chi connectivity index (χ4v) is 1.95. The summed E-state index contributed by atoms with van der Waals surface area (Å²) >= 11 is 12.1. The van der Waals surface area contributed by atoms with Crippen LogP contribution in [0.25, 0.3) is 0 Å². The Morgan fingerprint density at radius 1 is 1.44 bits per heavy atom. The summed E-state index contributed by atoms with van der Waals surface area (Å²) < 4.78 is 4.80. The largest absolute Gasteiger partial charge is 0.468 e. The van der Waals surface area contributed by atoms with E-state index in [9.17, 15) is 4.79 Å². The lowest BCUT2D eigenvalue weighted by Crippen LogP contribution is -2.35. The van der Waals surface area contributed by atoms with Crippen molar-refractivity contribution in [1.82, 2.24) is 5.32 Å². The van der Waals surface area contributed by atoms with Crippen molar-refractivity contribution in [2.75, 3.05) is 7.11 Å². The summed E-state index contributed by atoms with van der Waals surface area (Å²) in [4.78, 5) is 11.8. The fourth-order valence-electron chi connectivity index (χ4n) is 1.54. The van der Waals surface area contributed by atoms with Crippen molar-refractivity contribution in [2.45, 2.75) is 32.4 Å². The SMILES string of the molecule is CCC(C)NC(C(=O)OC)c1cc(Cl)ccc1Cl. The molecule has 2 atom stereocenters. The van der Waals surface area contributed by atoms with Gasteiger partial charge in [-0.1, -0.05) is 30.1 Å². The molecule has 1 N–H and O–H groups in total. The lowest BCUT2D eigenvalue weighted by atomic mass is 10.1. The van der Waals surface area contributed by atoms with Gasteiger partial charge in [-0.25, -0.2) is 4.79 Å². The van der Waals surface area contributed by atoms with E-state index >= 15 is 0 Å². The Morgan fingerprint density at radius 3 is 2.67 bits per heavy atom. The molecule has 5 heteroatoms. The van der Waals surface area contributed by atoms with Gasteiger partial charge in [-0.15, -0.1) is 0 Å². The lowest BCUT2D eigenvalue weighted by Gasteiger charge is -2.22. The van der Waals surface area contributed by atoms with Gasteiger partial charge in [-0.2, -0.15) is 0 Å². The lowest BCUT2D eigenvalue weighted by molar-refractivity contribution is -0.143. The molecule has 1 aromatic carbocycles. The first-order valence-corrected chi connectivity index (χ1v) is 6.54. The number of ether oxygens (including phenoxy) is 1. The molecule has 0 amide bonds. The monoisotopic (exact) mass is 289 g/mol. The molecular formula is C13H17Cl2NO2. The summed E-state index contributed by atoms with van der Waals surface area (Å²) in [5, 5.41) is 4.21. The van der Waals surface area contributed by atoms with Gasteiger partial charge in [0.2, 0.25) is 0 Å². The highest BCUT2D eigenvalue weighted by molar-refractivity contribution is 6.33. The number of benzene rings is 1. The van der Waals surface area contributed by atoms with Crippen molar-refractivity contribution in [1.29, 1.82) is 0 Å². The van der Waals surface area contributed by atoms with Gasteiger partial charge in [0.05, 0.1) is 7.11 Å². The van der Waals surface area contributed by atoms with Crippen molar-refractivity contribution in [2.24, 2.45) is 0 Å². The van der Waals surface area contributed by atoms with Gasteiger partial charge in [-0.3, -0.25) is 5.32 Å². The maximum Gasteiger partial charge on any atom is 0.327 e. The average Bonchev–Trinajstić information content (AvgIpc) is 2.37. The first-order chi connectivity index (χ1) is 8.49. The minimum Gasteiger partial charge on any atom is -0.468 e. The maximum absolute atomic E-state index is 11.8. The first kappa shape index (κ1) is 15.3. The Morgan fingerprint density at radius 2 is 2.11 bits per heavy atom. The molecule has 0 aliphatic carbocycles. The summed E-state index contributed by atoms with van der Waals surface area (Å²) in [5.41, 5.74) is 0.635. The molecule has 0 aromatic heterocycles. The van der Waals surface area contributed by atoms with Gasteiger partial charge >= 0.3 is 5.97 Å². The molecule has 0 saturated heterocycles. The topological polar surface area (TPSA) is 38.3 Å². The quantitative estimate of drug-likeness (QED) is 0.842. The standard InChI is InChI=1S/C13H17Cl2NO2/c1-4-8(2)16-12(13(17)18-3)10-7-9(14)5-6-11(10)15/h5-8,12,16H,4H2,1-3H3. The highest BCUT2D eigenvalue weighted by Crippen LogP contribution is 2.27. The van der Waals surface area contributed by atoms with Crippen LogP contribution in [0.3, 0.4) is 0 Å². The Bertz CT molecular complexity index is 423. The van der Waals surface area contributed by atoms with E-state index in [2.05, 4.69) is 5.32 Å². The van der Waals surface area contributed by atoms with Crippen LogP contribution in [0.1, 0.15) is 31.9 Å². The van der Waals surface area contributed by atoms with Gasteiger partial charge in [0, 0.05) is 21.7 Å². The van der Waals surface area contributed by atoms with E-state index < -0.39 is 6.04 Å². The second kappa shape index (κ2) is 6.98. The number of halogens is 2. The van der Waals surface area contributed by atoms with Gasteiger partial charge in [0.15, 0.2) is 0 Å². The minimum atomic E-state index is -0.601. The van der Waals surface area contributed by atoms with Gasteiger partial charge in [0.25, 0.3) is 0 Å². The van der Waals surface area contributed by atoms with E-state index in [0.29, 0.717) is 15.6 Å². The third-order valence-electron chi connectivity index (χ3n) is 2.77. The van der Waals surface area contributed by atoms with E-state index in [1.807, 2.05) is 13.8 Å². The molecule has 3 nitrogen and oxygen atoms in total. The van der Waals surface area contributed by atoms with Crippen LogP contribution >= 0.6 is 23.2 Å². The van der Waals surface area contributed by atoms with Crippen molar-refractivity contribution < 1.29 is 9.53 Å². The number of nitrogens with one attached hydrogen (secondary N) is 1. The summed E-state index contributed by atoms with van der Waals surface area (Å²) in [7, 11) is 1.35. The molecule has 0 aliphatic rings. The zero-order valence-electron chi connectivity index (χ0n) is 10.7. The van der Waals surface area contributed by atoms with Gasteiger partial charge < -0.3 is 4.74 Å². The molecule has 100 valence electrons. The number of esters is 1. The van der Waals surface area contributed by atoms with Crippen LogP contribution in [0.5, 0.6) is 0 Å². The molecular weight excluding hydrogens is 273 g/mol. The van der Waals surface area contributed by atoms with Crippen LogP contribution in [-0.4, -0.2) is 19.1 Å². The molecule has 0 spiro atoms. The van der Waals surface area contributed by atoms with E-state index in [1.54, 1.807) is 18.2 Å². The predicted octanol–water partition coefficient (Wildman–Crippen LogP) is 3.60. The Labute approximate surface area is 117 Å². The predicted molar refractivity (Wildman–Crippen MR) is 74.1 cm³/mol. The van der Waals surface area contributed by atoms with E-state index in [-0.39, 0.29) is 12.0 Å². The fraction of sp³-hybridized carbons (Fsp3) is 0.462. The van der Waals surface area contributed by atoms with E-state index in [4.69, 9.17) is 27.9 Å². The molecule has 0 bridgehead atoms. The smallest absolute Gasteiger partial charge is 0.327 e. The van der Waals surface area contributed by atoms with Crippen LogP contribution in [0.4, 0.5) is 0 Å². The van der Waals surface area contributed by atoms with Crippen LogP contribution in [0, 0.1) is 0 Å². The third kappa shape index (κ3) is 3.87. The number of methoxy groups -OCH3 is 1. The molecule has 0 saturated carbocycles. The zero-order valence-corrected chi connectivity index (χ0v) is 12.2. The second-order valence-electron chi connectivity index (χ2n) is 4.10. The Balaban J connectivity index is 3.08. The first-order valence-electron chi connectivity index (χ1n) is 5.78. The third-order valence-corrected chi connectivity index (χ3v) is 3.35. The van der Waals surface area contributed by atoms with Crippen LogP contribution in [0.2, 0.25) is 10.0 Å². The number of carbonyl (C=O) groups excluding carboxylic acids is 1. The number of hydrogen-bond acceptors (Lipinski definition) is 3. The number of hydrogen-bond donors (Lipinski definition) is 1. The molecule has 2 unspecified atom stereocenters. The molecule has 0 fully saturated rings. The minimum absolute atomic E-state index is 0.171. The van der Waals surface area contributed by atoms with Crippen molar-refractivity contribution in [3.05, 3.63) is 33.8 Å². The summed E-state index contributed by atoms with van der Waals surface area (Å²) in [6.45, 7) is 4.03. The normalized spacial score (nSPS) is 14.1. The van der Waals surface area contributed by atoms with Gasteiger partial charge in [0.1, 0.15) is 6.04 Å². The number of carbonyl (C=O) groups is 1. The summed E-state index contributed by atoms with van der Waals surface area (Å²) in [5.74, 6) is -0.375. The summed E-state index contributed by atoms with van der Waals surface area (Å²) in [6, 6.07) is 4.61. The van der Waals surface area contributed by atoms with Crippen LogP contribution in [-0.2, 0) is 9.53 Å². The zero-order chi connectivity index (χ0) is 13.7. The van der Waals surface area contributed by atoms with E-state index in [1.165, 1.54) is 7.11 Å². The average molecular weight is 290 g/mol. The van der Waals surface area contributed by atoms with Crippen LogP contribution in [0.15, 0.2) is 18.2 Å². The van der Waals surface area contributed by atoms with E-state index in [0.717, 1.165) is 6.42 Å². The highest BCUT2D eigenvalue weighted by atomic mass is 35.5. The van der Waals surface area contributed by atoms with Crippen molar-refractivity contribution >= 4 is 29.2 Å². The van der Waals surface area contributed by atoms with Crippen molar-refractivity contribution in [3.8, 4) is 0 Å². The second-order valence-corrected chi connectivity index (χ2v) is 4.94. The molecule has 0 radical (unpaired) electrons. The molecule has 0 aliphatic heterocycles. The number of rotatable bonds is 5. The van der Waals surface area contributed by atoms with Gasteiger partial charge in [-0.05, 0) is 31.5 Å². The molecule has 1 rings (SSSR count).